The van der Waals surface area contributed by atoms with Gasteiger partial charge in [-0.2, -0.15) is 5.10 Å². The number of nitrogens with one attached hydrogen (secondary N) is 2. The largest absolute Gasteiger partial charge is 0.382 e. The molecule has 3 heterocycles. The summed E-state index contributed by atoms with van der Waals surface area (Å²) < 4.78 is 12.8. The maximum absolute atomic E-state index is 12.8. The summed E-state index contributed by atoms with van der Waals surface area (Å²) in [6.45, 7) is 4.16. The fourth-order valence-electron chi connectivity index (χ4n) is 4.04. The Hall–Kier alpha value is -1.48. The molecule has 4 rings (SSSR count). The number of piperidine rings is 1. The van der Waals surface area contributed by atoms with Crippen LogP contribution in [-0.4, -0.2) is 46.9 Å². The van der Waals surface area contributed by atoms with Crippen LogP contribution in [0.3, 0.4) is 0 Å². The van der Waals surface area contributed by atoms with Crippen LogP contribution >= 0.6 is 23.7 Å². The molecular weight excluding hydrogens is 422 g/mol. The van der Waals surface area contributed by atoms with Crippen molar-refractivity contribution in [3.63, 3.8) is 0 Å². The van der Waals surface area contributed by atoms with Gasteiger partial charge in [-0.3, -0.25) is 4.79 Å². The van der Waals surface area contributed by atoms with Gasteiger partial charge in [-0.15, -0.1) is 0 Å². The van der Waals surface area contributed by atoms with Crippen LogP contribution in [0, 0.1) is 5.92 Å². The quantitative estimate of drug-likeness (QED) is 0.611. The number of halogens is 1. The summed E-state index contributed by atoms with van der Waals surface area (Å²) in [6, 6.07) is 0.0875. The van der Waals surface area contributed by atoms with Gasteiger partial charge in [-0.1, -0.05) is 23.8 Å². The van der Waals surface area contributed by atoms with E-state index in [1.54, 1.807) is 23.0 Å². The lowest BCUT2D eigenvalue weighted by Gasteiger charge is -2.31. The van der Waals surface area contributed by atoms with Crippen molar-refractivity contribution >= 4 is 29.4 Å². The molecule has 1 atom stereocenters. The molecule has 0 amide bonds. The minimum Gasteiger partial charge on any atom is -0.382 e. The van der Waals surface area contributed by atoms with Crippen LogP contribution in [-0.2, 0) is 4.74 Å². The topological polar surface area (TPSA) is 71.4 Å². The van der Waals surface area contributed by atoms with Gasteiger partial charge >= 0.3 is 0 Å². The number of hydrogen-bond donors (Lipinski definition) is 2. The van der Waals surface area contributed by atoms with Crippen LogP contribution < -0.4 is 15.6 Å². The van der Waals surface area contributed by atoms with Crippen LogP contribution in [0.2, 0.25) is 5.02 Å². The Morgan fingerprint density at radius 2 is 2.17 bits per heavy atom. The second-order valence-electron chi connectivity index (χ2n) is 8.10. The molecule has 0 aromatic carbocycles. The van der Waals surface area contributed by atoms with Gasteiger partial charge in [0.15, 0.2) is 0 Å². The first-order valence-corrected chi connectivity index (χ1v) is 12.0. The SMILES string of the molecule is O=c1c(Cl)c(NCC2CCCOC2)cnn1C1CCN(SNC2=CC=CCC2)CC1. The number of aromatic nitrogens is 2. The summed E-state index contributed by atoms with van der Waals surface area (Å²) in [7, 11) is 0. The van der Waals surface area contributed by atoms with Crippen LogP contribution in [0.15, 0.2) is 34.9 Å². The van der Waals surface area contributed by atoms with Gasteiger partial charge in [-0.05, 0) is 50.5 Å². The van der Waals surface area contributed by atoms with Crippen molar-refractivity contribution in [3.8, 4) is 0 Å². The Morgan fingerprint density at radius 1 is 1.30 bits per heavy atom. The Kier molecular flexibility index (Phi) is 7.76. The van der Waals surface area contributed by atoms with E-state index in [2.05, 4.69) is 37.7 Å². The third kappa shape index (κ3) is 5.60. The van der Waals surface area contributed by atoms with Gasteiger partial charge in [-0.25, -0.2) is 8.99 Å². The van der Waals surface area contributed by atoms with Crippen molar-refractivity contribution < 1.29 is 4.74 Å². The smallest absolute Gasteiger partial charge is 0.287 e. The van der Waals surface area contributed by atoms with E-state index in [-0.39, 0.29) is 16.6 Å². The second-order valence-corrected chi connectivity index (χ2v) is 9.38. The number of ether oxygens (including phenoxy) is 1. The summed E-state index contributed by atoms with van der Waals surface area (Å²) in [6.07, 6.45) is 14.2. The van der Waals surface area contributed by atoms with E-state index in [0.29, 0.717) is 11.6 Å². The lowest BCUT2D eigenvalue weighted by molar-refractivity contribution is 0.0595. The average Bonchev–Trinajstić information content (AvgIpc) is 2.80. The zero-order chi connectivity index (χ0) is 20.8. The standard InChI is InChI=1S/C21H30ClN5O2S/c22-20-19(23-13-16-5-4-12-29-15-16)14-24-27(21(20)28)18-8-10-26(11-9-18)30-25-17-6-2-1-3-7-17/h1-2,6,14,16,18,23,25H,3-5,7-13,15H2. The van der Waals surface area contributed by atoms with E-state index in [0.717, 1.165) is 71.4 Å². The average molecular weight is 452 g/mol. The molecule has 2 N–H and O–H groups in total. The fraction of sp³-hybridized carbons (Fsp3) is 0.619. The summed E-state index contributed by atoms with van der Waals surface area (Å²) in [5.74, 6) is 0.452. The molecule has 1 aromatic heterocycles. The third-order valence-electron chi connectivity index (χ3n) is 5.87. The molecule has 0 radical (unpaired) electrons. The molecule has 0 saturated carbocycles. The summed E-state index contributed by atoms with van der Waals surface area (Å²) in [5, 5.41) is 7.96. The summed E-state index contributed by atoms with van der Waals surface area (Å²) >= 11 is 8.05. The lowest BCUT2D eigenvalue weighted by atomic mass is 10.0. The van der Waals surface area contributed by atoms with Crippen molar-refractivity contribution in [2.75, 3.05) is 38.2 Å². The number of hydrogen-bond acceptors (Lipinski definition) is 7. The van der Waals surface area contributed by atoms with E-state index in [9.17, 15) is 4.79 Å². The molecule has 1 aromatic rings. The minimum atomic E-state index is -0.204. The second kappa shape index (κ2) is 10.7. The summed E-state index contributed by atoms with van der Waals surface area (Å²) in [5.41, 5.74) is 1.68. The maximum Gasteiger partial charge on any atom is 0.287 e. The van der Waals surface area contributed by atoms with Crippen LogP contribution in [0.5, 0.6) is 0 Å². The highest BCUT2D eigenvalue weighted by molar-refractivity contribution is 7.95. The van der Waals surface area contributed by atoms with Crippen molar-refractivity contribution in [3.05, 3.63) is 45.5 Å². The molecule has 0 bridgehead atoms. The first-order valence-electron chi connectivity index (χ1n) is 10.8. The Balaban J connectivity index is 1.29. The van der Waals surface area contributed by atoms with Crippen LogP contribution in [0.1, 0.15) is 44.6 Å². The third-order valence-corrected chi connectivity index (χ3v) is 7.21. The lowest BCUT2D eigenvalue weighted by Crippen LogP contribution is -2.37. The normalized spacial score (nSPS) is 23.2. The highest BCUT2D eigenvalue weighted by atomic mass is 35.5. The molecule has 1 unspecified atom stereocenters. The van der Waals surface area contributed by atoms with Crippen LogP contribution in [0.4, 0.5) is 5.69 Å². The number of rotatable bonds is 7. The van der Waals surface area contributed by atoms with Crippen molar-refractivity contribution in [1.29, 1.82) is 0 Å². The molecule has 0 spiro atoms. The van der Waals surface area contributed by atoms with E-state index >= 15 is 0 Å². The van der Waals surface area contributed by atoms with Crippen molar-refractivity contribution in [2.24, 2.45) is 5.92 Å². The monoisotopic (exact) mass is 451 g/mol. The van der Waals surface area contributed by atoms with Gasteiger partial charge in [0.2, 0.25) is 0 Å². The molecule has 164 valence electrons. The van der Waals surface area contributed by atoms with E-state index in [4.69, 9.17) is 16.3 Å². The fourth-order valence-corrected chi connectivity index (χ4v) is 5.05. The van der Waals surface area contributed by atoms with Gasteiger partial charge < -0.3 is 14.8 Å². The predicted octanol–water partition coefficient (Wildman–Crippen LogP) is 3.76. The Labute approximate surface area is 187 Å². The number of anilines is 1. The van der Waals surface area contributed by atoms with E-state index in [1.807, 2.05) is 0 Å². The molecule has 1 aliphatic carbocycles. The van der Waals surface area contributed by atoms with Gasteiger partial charge in [0.1, 0.15) is 5.02 Å². The van der Waals surface area contributed by atoms with E-state index < -0.39 is 0 Å². The molecular formula is C21H30ClN5O2S. The molecule has 9 heteroatoms. The molecule has 30 heavy (non-hydrogen) atoms. The minimum absolute atomic E-state index is 0.0875. The van der Waals surface area contributed by atoms with E-state index in [1.165, 1.54) is 5.70 Å². The van der Waals surface area contributed by atoms with Crippen molar-refractivity contribution in [2.45, 2.75) is 44.6 Å². The molecule has 3 aliphatic rings. The molecule has 2 fully saturated rings. The number of nitrogens with zero attached hydrogens (tertiary/aromatic N) is 3. The Bertz CT molecular complexity index is 829. The van der Waals surface area contributed by atoms with Gasteiger partial charge in [0.25, 0.3) is 5.56 Å². The number of allylic oxidation sites excluding steroid dienone is 4. The highest BCUT2D eigenvalue weighted by Gasteiger charge is 2.24. The molecule has 2 aliphatic heterocycles. The Morgan fingerprint density at radius 3 is 2.90 bits per heavy atom. The van der Waals surface area contributed by atoms with Crippen LogP contribution in [0.25, 0.3) is 0 Å². The first kappa shape index (κ1) is 21.7. The first-order chi connectivity index (χ1) is 14.7. The van der Waals surface area contributed by atoms with Gasteiger partial charge in [0, 0.05) is 44.1 Å². The molecule has 2 saturated heterocycles. The zero-order valence-electron chi connectivity index (χ0n) is 17.2. The summed E-state index contributed by atoms with van der Waals surface area (Å²) in [4.78, 5) is 12.8. The predicted molar refractivity (Wildman–Crippen MR) is 123 cm³/mol. The maximum atomic E-state index is 12.8. The zero-order valence-corrected chi connectivity index (χ0v) is 18.8. The van der Waals surface area contributed by atoms with Gasteiger partial charge in [0.05, 0.1) is 24.5 Å². The highest BCUT2D eigenvalue weighted by Crippen LogP contribution is 2.26. The van der Waals surface area contributed by atoms with Crippen molar-refractivity contribution in [1.82, 2.24) is 18.8 Å². The molecule has 7 nitrogen and oxygen atoms in total.